The second-order valence-electron chi connectivity index (χ2n) is 5.30. The first-order chi connectivity index (χ1) is 7.66. The predicted molar refractivity (Wildman–Crippen MR) is 66.9 cm³/mol. The lowest BCUT2D eigenvalue weighted by atomic mass is 9.83. The third-order valence-corrected chi connectivity index (χ3v) is 3.88. The standard InChI is InChI=1S/C15H18O/c1-9-4-5-12-7-10(2)14-11(3)8-16-15(14)13(12)6-9/h7-9H,4-6H2,1-3H3. The van der Waals surface area contributed by atoms with Crippen molar-refractivity contribution in [3.63, 3.8) is 0 Å². The summed E-state index contributed by atoms with van der Waals surface area (Å²) in [6, 6.07) is 2.37. The molecule has 0 spiro atoms. The molecule has 2 aromatic rings. The molecule has 0 amide bonds. The Balaban J connectivity index is 2.33. The van der Waals surface area contributed by atoms with Gasteiger partial charge in [-0.15, -0.1) is 0 Å². The van der Waals surface area contributed by atoms with E-state index in [1.165, 1.54) is 46.9 Å². The van der Waals surface area contributed by atoms with Crippen molar-refractivity contribution < 1.29 is 4.42 Å². The van der Waals surface area contributed by atoms with Crippen LogP contribution in [0.25, 0.3) is 11.0 Å². The number of benzene rings is 1. The van der Waals surface area contributed by atoms with Gasteiger partial charge < -0.3 is 4.42 Å². The molecule has 16 heavy (non-hydrogen) atoms. The monoisotopic (exact) mass is 214 g/mol. The van der Waals surface area contributed by atoms with Gasteiger partial charge in [0.15, 0.2) is 0 Å². The fraction of sp³-hybridized carbons (Fsp3) is 0.467. The molecule has 1 heteroatoms. The zero-order chi connectivity index (χ0) is 11.3. The van der Waals surface area contributed by atoms with Gasteiger partial charge in [-0.3, -0.25) is 0 Å². The average molecular weight is 214 g/mol. The van der Waals surface area contributed by atoms with Crippen LogP contribution in [0.3, 0.4) is 0 Å². The number of rotatable bonds is 0. The molecule has 1 heterocycles. The van der Waals surface area contributed by atoms with E-state index < -0.39 is 0 Å². The van der Waals surface area contributed by atoms with Crippen LogP contribution in [-0.4, -0.2) is 0 Å². The Morgan fingerprint density at radius 3 is 2.88 bits per heavy atom. The molecule has 1 aromatic heterocycles. The van der Waals surface area contributed by atoms with E-state index in [1.54, 1.807) is 0 Å². The van der Waals surface area contributed by atoms with Crippen molar-refractivity contribution in [3.8, 4) is 0 Å². The Hall–Kier alpha value is -1.24. The van der Waals surface area contributed by atoms with Gasteiger partial charge in [-0.2, -0.15) is 0 Å². The summed E-state index contributed by atoms with van der Waals surface area (Å²) in [5, 5.41) is 1.34. The van der Waals surface area contributed by atoms with Gasteiger partial charge >= 0.3 is 0 Å². The first-order valence-electron chi connectivity index (χ1n) is 6.16. The summed E-state index contributed by atoms with van der Waals surface area (Å²) >= 11 is 0. The van der Waals surface area contributed by atoms with Crippen molar-refractivity contribution in [2.24, 2.45) is 5.92 Å². The maximum absolute atomic E-state index is 5.78. The van der Waals surface area contributed by atoms with Crippen molar-refractivity contribution >= 4 is 11.0 Å². The first-order valence-corrected chi connectivity index (χ1v) is 6.16. The summed E-state index contributed by atoms with van der Waals surface area (Å²) in [5.41, 5.74) is 6.77. The molecule has 0 N–H and O–H groups in total. The van der Waals surface area contributed by atoms with Gasteiger partial charge in [-0.25, -0.2) is 0 Å². The molecule has 1 aliphatic rings. The molecule has 0 saturated carbocycles. The maximum Gasteiger partial charge on any atom is 0.137 e. The summed E-state index contributed by atoms with van der Waals surface area (Å²) < 4.78 is 5.78. The normalized spacial score (nSPS) is 20.1. The van der Waals surface area contributed by atoms with E-state index in [1.807, 2.05) is 6.26 Å². The Kier molecular flexibility index (Phi) is 2.10. The number of furan rings is 1. The lowest BCUT2D eigenvalue weighted by molar-refractivity contribution is 0.495. The molecule has 1 aromatic carbocycles. The van der Waals surface area contributed by atoms with Crippen molar-refractivity contribution in [2.75, 3.05) is 0 Å². The van der Waals surface area contributed by atoms with E-state index in [0.717, 1.165) is 11.5 Å². The number of fused-ring (bicyclic) bond motifs is 3. The van der Waals surface area contributed by atoms with Crippen LogP contribution >= 0.6 is 0 Å². The van der Waals surface area contributed by atoms with Crippen molar-refractivity contribution in [3.05, 3.63) is 34.6 Å². The van der Waals surface area contributed by atoms with Crippen LogP contribution < -0.4 is 0 Å². The summed E-state index contributed by atoms with van der Waals surface area (Å²) in [6.45, 7) is 6.67. The van der Waals surface area contributed by atoms with Gasteiger partial charge in [0.2, 0.25) is 0 Å². The molecule has 0 radical (unpaired) electrons. The molecule has 0 bridgehead atoms. The zero-order valence-corrected chi connectivity index (χ0v) is 10.3. The van der Waals surface area contributed by atoms with Crippen LogP contribution in [0.1, 0.15) is 35.6 Å². The van der Waals surface area contributed by atoms with Gasteiger partial charge in [0, 0.05) is 5.39 Å². The van der Waals surface area contributed by atoms with Gasteiger partial charge in [0.1, 0.15) is 5.58 Å². The van der Waals surface area contributed by atoms with E-state index >= 15 is 0 Å². The number of aryl methyl sites for hydroxylation is 3. The van der Waals surface area contributed by atoms with Crippen LogP contribution in [0.2, 0.25) is 0 Å². The third-order valence-electron chi connectivity index (χ3n) is 3.88. The fourth-order valence-corrected chi connectivity index (χ4v) is 3.02. The van der Waals surface area contributed by atoms with Crippen molar-refractivity contribution in [2.45, 2.75) is 40.0 Å². The summed E-state index contributed by atoms with van der Waals surface area (Å²) in [6.07, 6.45) is 5.61. The van der Waals surface area contributed by atoms with E-state index in [2.05, 4.69) is 26.8 Å². The van der Waals surface area contributed by atoms with E-state index in [0.29, 0.717) is 0 Å². The lowest BCUT2D eigenvalue weighted by Gasteiger charge is -2.22. The first kappa shape index (κ1) is 9.95. The number of hydrogen-bond acceptors (Lipinski definition) is 1. The second-order valence-corrected chi connectivity index (χ2v) is 5.30. The van der Waals surface area contributed by atoms with Gasteiger partial charge in [0.25, 0.3) is 0 Å². The quantitative estimate of drug-likeness (QED) is 0.641. The third kappa shape index (κ3) is 1.31. The molecule has 0 saturated heterocycles. The van der Waals surface area contributed by atoms with Crippen LogP contribution in [0.15, 0.2) is 16.7 Å². The molecule has 0 aliphatic heterocycles. The van der Waals surface area contributed by atoms with E-state index in [-0.39, 0.29) is 0 Å². The fourth-order valence-electron chi connectivity index (χ4n) is 3.02. The molecule has 84 valence electrons. The largest absolute Gasteiger partial charge is 0.464 e. The van der Waals surface area contributed by atoms with Crippen LogP contribution in [0.5, 0.6) is 0 Å². The molecular weight excluding hydrogens is 196 g/mol. The van der Waals surface area contributed by atoms with Crippen molar-refractivity contribution in [1.29, 1.82) is 0 Å². The molecule has 0 fully saturated rings. The molecule has 3 rings (SSSR count). The zero-order valence-electron chi connectivity index (χ0n) is 10.3. The number of hydrogen-bond donors (Lipinski definition) is 0. The minimum absolute atomic E-state index is 0.795. The lowest BCUT2D eigenvalue weighted by Crippen LogP contribution is -2.11. The minimum Gasteiger partial charge on any atom is -0.464 e. The predicted octanol–water partition coefficient (Wildman–Crippen LogP) is 4.17. The van der Waals surface area contributed by atoms with Gasteiger partial charge in [-0.05, 0) is 61.3 Å². The summed E-state index contributed by atoms with van der Waals surface area (Å²) in [5.74, 6) is 0.795. The van der Waals surface area contributed by atoms with E-state index in [9.17, 15) is 0 Å². The van der Waals surface area contributed by atoms with Crippen molar-refractivity contribution in [1.82, 2.24) is 0 Å². The Labute approximate surface area is 96.5 Å². The maximum atomic E-state index is 5.78. The summed E-state index contributed by atoms with van der Waals surface area (Å²) in [7, 11) is 0. The van der Waals surface area contributed by atoms with Crippen LogP contribution in [0, 0.1) is 19.8 Å². The second kappa shape index (κ2) is 3.38. The molecule has 1 nitrogen and oxygen atoms in total. The molecule has 1 unspecified atom stereocenters. The highest BCUT2D eigenvalue weighted by molar-refractivity contribution is 5.88. The Morgan fingerprint density at radius 1 is 1.25 bits per heavy atom. The van der Waals surface area contributed by atoms with Crippen LogP contribution in [-0.2, 0) is 12.8 Å². The molecule has 1 atom stereocenters. The highest BCUT2D eigenvalue weighted by atomic mass is 16.3. The van der Waals surface area contributed by atoms with Gasteiger partial charge in [0.05, 0.1) is 6.26 Å². The van der Waals surface area contributed by atoms with Gasteiger partial charge in [-0.1, -0.05) is 13.0 Å². The topological polar surface area (TPSA) is 13.1 Å². The highest BCUT2D eigenvalue weighted by Gasteiger charge is 2.21. The molecular formula is C15H18O. The Morgan fingerprint density at radius 2 is 2.06 bits per heavy atom. The minimum atomic E-state index is 0.795. The van der Waals surface area contributed by atoms with Crippen LogP contribution in [0.4, 0.5) is 0 Å². The highest BCUT2D eigenvalue weighted by Crippen LogP contribution is 2.35. The SMILES string of the molecule is Cc1coc2c3c(cc(C)c12)CCC(C)C3. The smallest absolute Gasteiger partial charge is 0.137 e. The van der Waals surface area contributed by atoms with E-state index in [4.69, 9.17) is 4.42 Å². The molecule has 1 aliphatic carbocycles. The summed E-state index contributed by atoms with van der Waals surface area (Å²) in [4.78, 5) is 0. The Bertz CT molecular complexity index is 548. The average Bonchev–Trinajstić information content (AvgIpc) is 2.63.